The number of H-pyrrole nitrogens is 1. The number of aromatic amines is 1. The van der Waals surface area contributed by atoms with Crippen molar-refractivity contribution in [2.24, 2.45) is 0 Å². The number of carbonyl (C=O) groups excluding carboxylic acids is 2. The van der Waals surface area contributed by atoms with Gasteiger partial charge in [0.1, 0.15) is 11.4 Å². The summed E-state index contributed by atoms with van der Waals surface area (Å²) in [5, 5.41) is 4.38. The van der Waals surface area contributed by atoms with Crippen molar-refractivity contribution < 1.29 is 14.3 Å². The highest BCUT2D eigenvalue weighted by Gasteiger charge is 2.21. The van der Waals surface area contributed by atoms with Crippen molar-refractivity contribution in [2.45, 2.75) is 6.42 Å². The van der Waals surface area contributed by atoms with Crippen molar-refractivity contribution >= 4 is 40.0 Å². The Bertz CT molecular complexity index is 1090. The second-order valence-corrected chi connectivity index (χ2v) is 7.89. The SMILES string of the molecule is COc1cccc2[nH]c(C(=O)NCCC(=O)N3CCN(c4cccc(Cl)c4)CC3)cc12. The number of hydrogen-bond acceptors (Lipinski definition) is 4. The van der Waals surface area contributed by atoms with Crippen LogP contribution in [0.5, 0.6) is 5.75 Å². The fraction of sp³-hybridized carbons (Fsp3) is 0.304. The highest BCUT2D eigenvalue weighted by Crippen LogP contribution is 2.26. The molecule has 0 unspecified atom stereocenters. The highest BCUT2D eigenvalue weighted by molar-refractivity contribution is 6.30. The Morgan fingerprint density at radius 3 is 2.61 bits per heavy atom. The molecular formula is C23H25ClN4O3. The Kier molecular flexibility index (Phi) is 6.32. The maximum atomic E-state index is 12.5. The van der Waals surface area contributed by atoms with Crippen LogP contribution in [0.3, 0.4) is 0 Å². The maximum Gasteiger partial charge on any atom is 0.267 e. The molecule has 1 saturated heterocycles. The van der Waals surface area contributed by atoms with Crippen molar-refractivity contribution in [3.63, 3.8) is 0 Å². The number of nitrogens with one attached hydrogen (secondary N) is 2. The highest BCUT2D eigenvalue weighted by atomic mass is 35.5. The molecule has 0 bridgehead atoms. The first kappa shape index (κ1) is 21.1. The number of ether oxygens (including phenoxy) is 1. The first-order valence-corrected chi connectivity index (χ1v) is 10.6. The van der Waals surface area contributed by atoms with E-state index in [-0.39, 0.29) is 18.2 Å². The molecule has 0 spiro atoms. The van der Waals surface area contributed by atoms with Crippen LogP contribution >= 0.6 is 11.6 Å². The van der Waals surface area contributed by atoms with Gasteiger partial charge in [0.25, 0.3) is 5.91 Å². The monoisotopic (exact) mass is 440 g/mol. The number of piperazine rings is 1. The summed E-state index contributed by atoms with van der Waals surface area (Å²) in [6.45, 7) is 3.12. The van der Waals surface area contributed by atoms with Gasteiger partial charge in [-0.1, -0.05) is 23.7 Å². The minimum Gasteiger partial charge on any atom is -0.496 e. The molecule has 3 aromatic rings. The molecule has 2 amide bonds. The molecule has 31 heavy (non-hydrogen) atoms. The van der Waals surface area contributed by atoms with Crippen LogP contribution in [-0.4, -0.2) is 61.5 Å². The first-order chi connectivity index (χ1) is 15.0. The van der Waals surface area contributed by atoms with Gasteiger partial charge in [0, 0.05) is 60.8 Å². The molecule has 2 N–H and O–H groups in total. The third-order valence-electron chi connectivity index (χ3n) is 5.52. The number of fused-ring (bicyclic) bond motifs is 1. The maximum absolute atomic E-state index is 12.5. The fourth-order valence-corrected chi connectivity index (χ4v) is 4.04. The summed E-state index contributed by atoms with van der Waals surface area (Å²) in [5.74, 6) is 0.515. The van der Waals surface area contributed by atoms with E-state index in [2.05, 4.69) is 15.2 Å². The molecule has 0 aliphatic carbocycles. The average molecular weight is 441 g/mol. The molecular weight excluding hydrogens is 416 g/mol. The Hall–Kier alpha value is -3.19. The van der Waals surface area contributed by atoms with E-state index in [4.69, 9.17) is 16.3 Å². The van der Waals surface area contributed by atoms with Crippen LogP contribution in [0.25, 0.3) is 10.9 Å². The van der Waals surface area contributed by atoms with Crippen molar-refractivity contribution in [3.05, 3.63) is 59.2 Å². The molecule has 162 valence electrons. The Morgan fingerprint density at radius 1 is 1.10 bits per heavy atom. The molecule has 0 atom stereocenters. The molecule has 0 radical (unpaired) electrons. The lowest BCUT2D eigenvalue weighted by molar-refractivity contribution is -0.131. The number of halogens is 1. The third-order valence-corrected chi connectivity index (χ3v) is 5.75. The smallest absolute Gasteiger partial charge is 0.267 e. The standard InChI is InChI=1S/C23H25ClN4O3/c1-31-21-7-3-6-19-18(21)15-20(26-19)23(30)25-9-8-22(29)28-12-10-27(11-13-28)17-5-2-4-16(24)14-17/h2-7,14-15,26H,8-13H2,1H3,(H,25,30). The molecule has 0 saturated carbocycles. The van der Waals surface area contributed by atoms with E-state index < -0.39 is 0 Å². The van der Waals surface area contributed by atoms with Crippen LogP contribution < -0.4 is 15.0 Å². The summed E-state index contributed by atoms with van der Waals surface area (Å²) in [7, 11) is 1.60. The number of amides is 2. The van der Waals surface area contributed by atoms with Crippen LogP contribution in [0, 0.1) is 0 Å². The zero-order valence-corrected chi connectivity index (χ0v) is 18.1. The molecule has 1 aliphatic rings. The molecule has 8 heteroatoms. The normalized spacial score (nSPS) is 14.0. The lowest BCUT2D eigenvalue weighted by Gasteiger charge is -2.36. The summed E-state index contributed by atoms with van der Waals surface area (Å²) in [6, 6.07) is 15.1. The van der Waals surface area contributed by atoms with E-state index >= 15 is 0 Å². The predicted molar refractivity (Wildman–Crippen MR) is 122 cm³/mol. The van der Waals surface area contributed by atoms with E-state index in [1.807, 2.05) is 47.4 Å². The molecule has 7 nitrogen and oxygen atoms in total. The van der Waals surface area contributed by atoms with Crippen LogP contribution in [0.1, 0.15) is 16.9 Å². The molecule has 4 rings (SSSR count). The average Bonchev–Trinajstić information content (AvgIpc) is 3.24. The zero-order chi connectivity index (χ0) is 21.8. The Labute approximate surface area is 185 Å². The van der Waals surface area contributed by atoms with E-state index in [1.54, 1.807) is 13.2 Å². The third kappa shape index (κ3) is 4.77. The molecule has 1 aromatic heterocycles. The quantitative estimate of drug-likeness (QED) is 0.616. The van der Waals surface area contributed by atoms with E-state index in [1.165, 1.54) is 0 Å². The summed E-state index contributed by atoms with van der Waals surface area (Å²) in [5.41, 5.74) is 2.35. The van der Waals surface area contributed by atoms with Gasteiger partial charge >= 0.3 is 0 Å². The van der Waals surface area contributed by atoms with Gasteiger partial charge in [0.2, 0.25) is 5.91 Å². The van der Waals surface area contributed by atoms with Crippen molar-refractivity contribution in [1.29, 1.82) is 0 Å². The topological polar surface area (TPSA) is 77.7 Å². The summed E-state index contributed by atoms with van der Waals surface area (Å²) < 4.78 is 5.33. The van der Waals surface area contributed by atoms with E-state index in [0.717, 1.165) is 29.7 Å². The molecule has 2 heterocycles. The van der Waals surface area contributed by atoms with Crippen LogP contribution in [0.4, 0.5) is 5.69 Å². The Morgan fingerprint density at radius 2 is 1.87 bits per heavy atom. The van der Waals surface area contributed by atoms with Gasteiger partial charge in [-0.2, -0.15) is 0 Å². The van der Waals surface area contributed by atoms with Gasteiger partial charge in [-0.3, -0.25) is 9.59 Å². The Balaban J connectivity index is 1.25. The minimum absolute atomic E-state index is 0.0457. The fourth-order valence-electron chi connectivity index (χ4n) is 3.85. The first-order valence-electron chi connectivity index (χ1n) is 10.3. The molecule has 1 fully saturated rings. The van der Waals surface area contributed by atoms with Crippen LogP contribution in [0.15, 0.2) is 48.5 Å². The van der Waals surface area contributed by atoms with Gasteiger partial charge < -0.3 is 24.8 Å². The number of nitrogens with zero attached hydrogens (tertiary/aromatic N) is 2. The number of rotatable bonds is 6. The lowest BCUT2D eigenvalue weighted by Crippen LogP contribution is -2.49. The number of anilines is 1. The summed E-state index contributed by atoms with van der Waals surface area (Å²) >= 11 is 6.07. The number of methoxy groups -OCH3 is 1. The largest absolute Gasteiger partial charge is 0.496 e. The van der Waals surface area contributed by atoms with Crippen LogP contribution in [0.2, 0.25) is 5.02 Å². The van der Waals surface area contributed by atoms with Gasteiger partial charge in [-0.05, 0) is 36.4 Å². The number of carbonyl (C=O) groups is 2. The zero-order valence-electron chi connectivity index (χ0n) is 17.4. The number of benzene rings is 2. The number of aromatic nitrogens is 1. The van der Waals surface area contributed by atoms with Gasteiger partial charge in [0.05, 0.1) is 7.11 Å². The minimum atomic E-state index is -0.239. The number of hydrogen-bond donors (Lipinski definition) is 2. The van der Waals surface area contributed by atoms with Crippen molar-refractivity contribution in [2.75, 3.05) is 44.7 Å². The van der Waals surface area contributed by atoms with Crippen LogP contribution in [-0.2, 0) is 4.79 Å². The molecule has 1 aliphatic heterocycles. The van der Waals surface area contributed by atoms with Crippen molar-refractivity contribution in [1.82, 2.24) is 15.2 Å². The van der Waals surface area contributed by atoms with Gasteiger partial charge in [-0.25, -0.2) is 0 Å². The summed E-state index contributed by atoms with van der Waals surface area (Å²) in [4.78, 5) is 32.2. The second-order valence-electron chi connectivity index (χ2n) is 7.46. The van der Waals surface area contributed by atoms with E-state index in [9.17, 15) is 9.59 Å². The van der Waals surface area contributed by atoms with Crippen molar-refractivity contribution in [3.8, 4) is 5.75 Å². The lowest BCUT2D eigenvalue weighted by atomic mass is 10.2. The summed E-state index contributed by atoms with van der Waals surface area (Å²) in [6.07, 6.45) is 0.270. The second kappa shape index (κ2) is 9.31. The van der Waals surface area contributed by atoms with Gasteiger partial charge in [-0.15, -0.1) is 0 Å². The van der Waals surface area contributed by atoms with E-state index in [0.29, 0.717) is 36.1 Å². The predicted octanol–water partition coefficient (Wildman–Crippen LogP) is 3.30. The van der Waals surface area contributed by atoms with Gasteiger partial charge in [0.15, 0.2) is 0 Å². The molecule has 2 aromatic carbocycles.